The number of rotatable bonds is 16. The Hall–Kier alpha value is -3.05. The van der Waals surface area contributed by atoms with Crippen LogP contribution in [0.1, 0.15) is 49.3 Å². The minimum atomic E-state index is -1.21. The summed E-state index contributed by atoms with van der Waals surface area (Å²) < 4.78 is 0. The Morgan fingerprint density at radius 3 is 2.03 bits per heavy atom. The maximum Gasteiger partial charge on any atom is 0.354 e. The van der Waals surface area contributed by atoms with Gasteiger partial charge in [0.25, 0.3) is 0 Å². The number of hydrogen-bond donors (Lipinski definition) is 4. The maximum atomic E-state index is 11.6. The smallest absolute Gasteiger partial charge is 0.354 e. The van der Waals surface area contributed by atoms with Crippen molar-refractivity contribution in [2.45, 2.75) is 45.7 Å². The predicted octanol–water partition coefficient (Wildman–Crippen LogP) is 1.33. The average Bonchev–Trinajstić information content (AvgIpc) is 2.69. The minimum absolute atomic E-state index is 0.0204. The lowest BCUT2D eigenvalue weighted by atomic mass is 9.98. The first-order valence-corrected chi connectivity index (χ1v) is 10.3. The van der Waals surface area contributed by atoms with Gasteiger partial charge in [0.1, 0.15) is 5.69 Å². The molecule has 0 radical (unpaired) electrons. The van der Waals surface area contributed by atoms with Crippen molar-refractivity contribution >= 4 is 23.9 Å². The molecule has 0 aromatic carbocycles. The van der Waals surface area contributed by atoms with E-state index in [0.717, 1.165) is 12.8 Å². The van der Waals surface area contributed by atoms with Crippen molar-refractivity contribution in [1.82, 2.24) is 14.8 Å². The monoisotopic (exact) mass is 453 g/mol. The van der Waals surface area contributed by atoms with Gasteiger partial charge in [-0.1, -0.05) is 26.3 Å². The molecule has 1 heterocycles. The average molecular weight is 453 g/mol. The molecular formula is C21H31N3O8. The second-order valence-electron chi connectivity index (χ2n) is 7.82. The maximum absolute atomic E-state index is 11.6. The van der Waals surface area contributed by atoms with Crippen LogP contribution in [0.4, 0.5) is 0 Å². The van der Waals surface area contributed by atoms with Crippen LogP contribution in [0.15, 0.2) is 18.2 Å². The van der Waals surface area contributed by atoms with Gasteiger partial charge in [-0.25, -0.2) is 9.78 Å². The Morgan fingerprint density at radius 2 is 1.53 bits per heavy atom. The fraction of sp³-hybridized carbons (Fsp3) is 0.571. The summed E-state index contributed by atoms with van der Waals surface area (Å²) in [7, 11) is 0. The molecule has 2 unspecified atom stereocenters. The molecule has 32 heavy (non-hydrogen) atoms. The molecular weight excluding hydrogens is 422 g/mol. The molecule has 0 saturated carbocycles. The second kappa shape index (κ2) is 13.4. The van der Waals surface area contributed by atoms with E-state index >= 15 is 0 Å². The summed E-state index contributed by atoms with van der Waals surface area (Å²) in [6.45, 7) is 2.73. The third kappa shape index (κ3) is 10.3. The van der Waals surface area contributed by atoms with Gasteiger partial charge < -0.3 is 20.4 Å². The van der Waals surface area contributed by atoms with Gasteiger partial charge in [0, 0.05) is 19.1 Å². The molecule has 0 aliphatic carbocycles. The van der Waals surface area contributed by atoms with Gasteiger partial charge in [0.05, 0.1) is 25.3 Å². The van der Waals surface area contributed by atoms with E-state index < -0.39 is 49.6 Å². The van der Waals surface area contributed by atoms with Gasteiger partial charge in [0.2, 0.25) is 0 Å². The van der Waals surface area contributed by atoms with Gasteiger partial charge in [-0.3, -0.25) is 24.2 Å². The summed E-state index contributed by atoms with van der Waals surface area (Å²) in [4.78, 5) is 52.1. The molecule has 4 N–H and O–H groups in total. The number of aliphatic carboxylic acids is 3. The Labute approximate surface area is 186 Å². The molecule has 1 aromatic heterocycles. The molecule has 0 spiro atoms. The second-order valence-corrected chi connectivity index (χ2v) is 7.82. The number of carboxylic acid groups (broad SMARTS) is 4. The number of aromatic nitrogens is 1. The van der Waals surface area contributed by atoms with Crippen molar-refractivity contribution in [3.8, 4) is 0 Å². The third-order valence-corrected chi connectivity index (χ3v) is 5.12. The van der Waals surface area contributed by atoms with E-state index in [0.29, 0.717) is 18.0 Å². The predicted molar refractivity (Wildman–Crippen MR) is 113 cm³/mol. The van der Waals surface area contributed by atoms with Gasteiger partial charge in [0.15, 0.2) is 0 Å². The van der Waals surface area contributed by atoms with E-state index in [2.05, 4.69) is 4.98 Å². The highest BCUT2D eigenvalue weighted by Gasteiger charge is 2.26. The van der Waals surface area contributed by atoms with Crippen LogP contribution in [-0.2, 0) is 20.9 Å². The molecule has 2 atom stereocenters. The highest BCUT2D eigenvalue weighted by molar-refractivity contribution is 5.85. The van der Waals surface area contributed by atoms with Crippen LogP contribution in [-0.4, -0.2) is 91.3 Å². The van der Waals surface area contributed by atoms with Crippen LogP contribution in [0.2, 0.25) is 0 Å². The summed E-state index contributed by atoms with van der Waals surface area (Å²) in [6.07, 6.45) is 2.15. The van der Waals surface area contributed by atoms with Crippen molar-refractivity contribution in [3.63, 3.8) is 0 Å². The number of aromatic carboxylic acids is 1. The zero-order valence-corrected chi connectivity index (χ0v) is 18.3. The molecule has 1 rings (SSSR count). The lowest BCUT2D eigenvalue weighted by Crippen LogP contribution is -2.48. The van der Waals surface area contributed by atoms with Crippen LogP contribution in [0.25, 0.3) is 0 Å². The normalized spacial score (nSPS) is 13.1. The standard InChI is InChI=1S/C21H31N3O8/c1-3-14(2)7-8-16(10-23(11-18(25)26)12-19(27)28)24(13-20(29)30)9-15-5-4-6-17(22-15)21(31)32/h4-6,14,16H,3,7-13H2,1-2H3,(H,25,26)(H,27,28)(H,29,30)(H,31,32). The number of carbonyl (C=O) groups is 4. The highest BCUT2D eigenvalue weighted by atomic mass is 16.4. The lowest BCUT2D eigenvalue weighted by Gasteiger charge is -2.34. The fourth-order valence-corrected chi connectivity index (χ4v) is 3.32. The molecule has 1 aromatic rings. The molecule has 0 aliphatic rings. The van der Waals surface area contributed by atoms with E-state index in [9.17, 15) is 24.3 Å². The first kappa shape index (κ1) is 27.0. The molecule has 0 fully saturated rings. The van der Waals surface area contributed by atoms with Crippen molar-refractivity contribution in [2.75, 3.05) is 26.2 Å². The van der Waals surface area contributed by atoms with E-state index in [1.54, 1.807) is 11.0 Å². The van der Waals surface area contributed by atoms with E-state index in [-0.39, 0.29) is 18.8 Å². The molecule has 0 aliphatic heterocycles. The van der Waals surface area contributed by atoms with Gasteiger partial charge >= 0.3 is 23.9 Å². The fourth-order valence-electron chi connectivity index (χ4n) is 3.32. The van der Waals surface area contributed by atoms with E-state index in [1.165, 1.54) is 17.0 Å². The van der Waals surface area contributed by atoms with Crippen molar-refractivity contribution in [1.29, 1.82) is 0 Å². The molecule has 0 bridgehead atoms. The Balaban J connectivity index is 3.21. The molecule has 11 nitrogen and oxygen atoms in total. The Kier molecular flexibility index (Phi) is 11.3. The van der Waals surface area contributed by atoms with Crippen LogP contribution in [0.3, 0.4) is 0 Å². The van der Waals surface area contributed by atoms with Gasteiger partial charge in [-0.05, 0) is 30.9 Å². The van der Waals surface area contributed by atoms with Crippen LogP contribution >= 0.6 is 0 Å². The topological polar surface area (TPSA) is 169 Å². The molecule has 0 amide bonds. The van der Waals surface area contributed by atoms with Crippen molar-refractivity contribution < 1.29 is 39.6 Å². The number of hydrogen-bond acceptors (Lipinski definition) is 7. The van der Waals surface area contributed by atoms with Crippen LogP contribution in [0, 0.1) is 5.92 Å². The van der Waals surface area contributed by atoms with Crippen molar-refractivity contribution in [2.24, 2.45) is 5.92 Å². The summed E-state index contributed by atoms with van der Waals surface area (Å²) in [5, 5.41) is 36.9. The molecule has 11 heteroatoms. The van der Waals surface area contributed by atoms with E-state index in [1.807, 2.05) is 13.8 Å². The summed E-state index contributed by atoms with van der Waals surface area (Å²) in [5.41, 5.74) is 0.176. The quantitative estimate of drug-likeness (QED) is 0.285. The Bertz CT molecular complexity index is 785. The Morgan fingerprint density at radius 1 is 0.938 bits per heavy atom. The third-order valence-electron chi connectivity index (χ3n) is 5.12. The van der Waals surface area contributed by atoms with Gasteiger partial charge in [-0.15, -0.1) is 0 Å². The highest BCUT2D eigenvalue weighted by Crippen LogP contribution is 2.18. The summed E-state index contributed by atoms with van der Waals surface area (Å²) in [6, 6.07) is 3.95. The molecule has 178 valence electrons. The van der Waals surface area contributed by atoms with Gasteiger partial charge in [-0.2, -0.15) is 0 Å². The first-order valence-electron chi connectivity index (χ1n) is 10.3. The summed E-state index contributed by atoms with van der Waals surface area (Å²) >= 11 is 0. The lowest BCUT2D eigenvalue weighted by molar-refractivity contribution is -0.144. The first-order chi connectivity index (χ1) is 15.0. The van der Waals surface area contributed by atoms with Crippen molar-refractivity contribution in [3.05, 3.63) is 29.6 Å². The summed E-state index contributed by atoms with van der Waals surface area (Å²) in [5.74, 6) is -4.36. The zero-order valence-electron chi connectivity index (χ0n) is 18.3. The van der Waals surface area contributed by atoms with Crippen LogP contribution in [0.5, 0.6) is 0 Å². The SMILES string of the molecule is CCC(C)CCC(CN(CC(=O)O)CC(=O)O)N(CC(=O)O)Cc1cccc(C(=O)O)n1. The largest absolute Gasteiger partial charge is 0.480 e. The van der Waals surface area contributed by atoms with E-state index in [4.69, 9.17) is 15.3 Å². The zero-order chi connectivity index (χ0) is 24.3. The number of nitrogens with zero attached hydrogens (tertiary/aromatic N) is 3. The molecule has 0 saturated heterocycles. The number of pyridine rings is 1. The number of carboxylic acids is 4. The minimum Gasteiger partial charge on any atom is -0.480 e. The van der Waals surface area contributed by atoms with Crippen LogP contribution < -0.4 is 0 Å².